The molecule has 0 saturated carbocycles. The van der Waals surface area contributed by atoms with E-state index >= 15 is 0 Å². The van der Waals surface area contributed by atoms with Crippen LogP contribution in [0.4, 0.5) is 15.8 Å². The first-order valence-corrected chi connectivity index (χ1v) is 9.61. The summed E-state index contributed by atoms with van der Waals surface area (Å²) in [4.78, 5) is 13.3. The SMILES string of the molecule is CCN1C(=O)CC(C)c2cc(N)cc(F)c21.SCc1ccc(Cl)cc1Cl. The molecule has 2 aromatic rings. The lowest BCUT2D eigenvalue weighted by molar-refractivity contribution is -0.119. The summed E-state index contributed by atoms with van der Waals surface area (Å²) in [6, 6.07) is 8.43. The van der Waals surface area contributed by atoms with Gasteiger partial charge in [-0.15, -0.1) is 0 Å². The average Bonchev–Trinajstić information content (AvgIpc) is 2.57. The van der Waals surface area contributed by atoms with Gasteiger partial charge in [0, 0.05) is 34.5 Å². The van der Waals surface area contributed by atoms with Gasteiger partial charge < -0.3 is 10.6 Å². The van der Waals surface area contributed by atoms with Crippen LogP contribution in [0.25, 0.3) is 0 Å². The number of halogens is 3. The highest BCUT2D eigenvalue weighted by atomic mass is 35.5. The summed E-state index contributed by atoms with van der Waals surface area (Å²) < 4.78 is 13.8. The summed E-state index contributed by atoms with van der Waals surface area (Å²) in [5.74, 6) is 0.252. The minimum absolute atomic E-state index is 0.0221. The van der Waals surface area contributed by atoms with Gasteiger partial charge >= 0.3 is 0 Å². The number of fused-ring (bicyclic) bond motifs is 1. The van der Waals surface area contributed by atoms with E-state index in [-0.39, 0.29) is 11.8 Å². The fourth-order valence-electron chi connectivity index (χ4n) is 2.89. The largest absolute Gasteiger partial charge is 0.399 e. The molecule has 3 rings (SSSR count). The van der Waals surface area contributed by atoms with Gasteiger partial charge in [0.05, 0.1) is 5.69 Å². The number of amides is 1. The molecule has 1 atom stereocenters. The third-order valence-electron chi connectivity index (χ3n) is 4.20. The fraction of sp³-hybridized carbons (Fsp3) is 0.316. The van der Waals surface area contributed by atoms with E-state index in [2.05, 4.69) is 12.6 Å². The van der Waals surface area contributed by atoms with E-state index in [1.807, 2.05) is 19.9 Å². The highest BCUT2D eigenvalue weighted by Gasteiger charge is 2.30. The van der Waals surface area contributed by atoms with Crippen molar-refractivity contribution in [3.63, 3.8) is 0 Å². The number of rotatable bonds is 2. The molecular weight excluding hydrogens is 394 g/mol. The number of hydrogen-bond donors (Lipinski definition) is 2. The third-order valence-corrected chi connectivity index (χ3v) is 5.13. The highest BCUT2D eigenvalue weighted by Crippen LogP contribution is 2.38. The Bertz CT molecular complexity index is 816. The molecule has 0 aromatic heterocycles. The average molecular weight is 415 g/mol. The van der Waals surface area contributed by atoms with Crippen molar-refractivity contribution in [1.82, 2.24) is 0 Å². The minimum atomic E-state index is -0.406. The van der Waals surface area contributed by atoms with Crippen molar-refractivity contribution < 1.29 is 9.18 Å². The van der Waals surface area contributed by atoms with Gasteiger partial charge in [0.2, 0.25) is 5.91 Å². The summed E-state index contributed by atoms with van der Waals surface area (Å²) >= 11 is 15.5. The van der Waals surface area contributed by atoms with Crippen LogP contribution >= 0.6 is 35.8 Å². The van der Waals surface area contributed by atoms with Gasteiger partial charge in [-0.3, -0.25) is 4.79 Å². The minimum Gasteiger partial charge on any atom is -0.399 e. The first-order chi connectivity index (χ1) is 12.3. The molecule has 0 spiro atoms. The van der Waals surface area contributed by atoms with E-state index in [0.717, 1.165) is 11.1 Å². The quantitative estimate of drug-likeness (QED) is 0.489. The Balaban J connectivity index is 0.000000209. The van der Waals surface area contributed by atoms with Crippen LogP contribution < -0.4 is 10.6 Å². The number of benzene rings is 2. The summed E-state index contributed by atoms with van der Waals surface area (Å²) in [6.45, 7) is 4.25. The molecule has 1 unspecified atom stereocenters. The predicted molar refractivity (Wildman–Crippen MR) is 111 cm³/mol. The molecule has 3 nitrogen and oxygen atoms in total. The number of carbonyl (C=O) groups is 1. The van der Waals surface area contributed by atoms with E-state index in [4.69, 9.17) is 28.9 Å². The number of nitrogens with zero attached hydrogens (tertiary/aromatic N) is 1. The Hall–Kier alpha value is -1.43. The van der Waals surface area contributed by atoms with Gasteiger partial charge in [-0.1, -0.05) is 36.2 Å². The summed E-state index contributed by atoms with van der Waals surface area (Å²) in [5, 5.41) is 1.35. The molecule has 0 bridgehead atoms. The number of carbonyl (C=O) groups excluding carboxylic acids is 1. The van der Waals surface area contributed by atoms with Crippen LogP contribution in [0.15, 0.2) is 30.3 Å². The molecule has 0 radical (unpaired) electrons. The molecule has 26 heavy (non-hydrogen) atoms. The van der Waals surface area contributed by atoms with Crippen LogP contribution in [0.3, 0.4) is 0 Å². The van der Waals surface area contributed by atoms with Crippen molar-refractivity contribution in [2.24, 2.45) is 0 Å². The van der Waals surface area contributed by atoms with Crippen LogP contribution in [0, 0.1) is 5.82 Å². The van der Waals surface area contributed by atoms with E-state index in [1.54, 1.807) is 18.2 Å². The maximum atomic E-state index is 13.8. The first-order valence-electron chi connectivity index (χ1n) is 8.22. The molecule has 1 aliphatic rings. The number of thiol groups is 1. The lowest BCUT2D eigenvalue weighted by Crippen LogP contribution is -2.36. The lowest BCUT2D eigenvalue weighted by atomic mass is 9.90. The van der Waals surface area contributed by atoms with E-state index in [9.17, 15) is 9.18 Å². The van der Waals surface area contributed by atoms with E-state index < -0.39 is 5.82 Å². The zero-order chi connectivity index (χ0) is 19.4. The number of nitrogen functional groups attached to an aromatic ring is 1. The number of nitrogens with two attached hydrogens (primary N) is 1. The monoisotopic (exact) mass is 414 g/mol. The van der Waals surface area contributed by atoms with Gasteiger partial charge in [-0.2, -0.15) is 12.6 Å². The molecule has 140 valence electrons. The second-order valence-electron chi connectivity index (χ2n) is 6.08. The fourth-order valence-corrected chi connectivity index (χ4v) is 3.74. The molecule has 0 fully saturated rings. The Labute approximate surface area is 168 Å². The Morgan fingerprint density at radius 1 is 1.31 bits per heavy atom. The van der Waals surface area contributed by atoms with Gasteiger partial charge in [0.1, 0.15) is 5.82 Å². The molecule has 1 amide bonds. The molecule has 7 heteroatoms. The van der Waals surface area contributed by atoms with Crippen LogP contribution in [0.1, 0.15) is 37.3 Å². The van der Waals surface area contributed by atoms with E-state index in [0.29, 0.717) is 40.1 Å². The summed E-state index contributed by atoms with van der Waals surface area (Å²) in [6.07, 6.45) is 0.420. The summed E-state index contributed by atoms with van der Waals surface area (Å²) in [5.41, 5.74) is 8.28. The van der Waals surface area contributed by atoms with Gasteiger partial charge in [0.15, 0.2) is 0 Å². The predicted octanol–water partition coefficient (Wildman–Crippen LogP) is 5.69. The maximum absolute atomic E-state index is 13.8. The van der Waals surface area contributed by atoms with Crippen molar-refractivity contribution >= 4 is 53.1 Å². The maximum Gasteiger partial charge on any atom is 0.227 e. The van der Waals surface area contributed by atoms with Crippen molar-refractivity contribution in [2.45, 2.75) is 31.9 Å². The number of anilines is 2. The van der Waals surface area contributed by atoms with Crippen LogP contribution in [-0.4, -0.2) is 12.5 Å². The lowest BCUT2D eigenvalue weighted by Gasteiger charge is -2.32. The van der Waals surface area contributed by atoms with Crippen molar-refractivity contribution in [2.75, 3.05) is 17.2 Å². The second kappa shape index (κ2) is 8.98. The number of hydrogen-bond acceptors (Lipinski definition) is 3. The van der Waals surface area contributed by atoms with Crippen LogP contribution in [0.2, 0.25) is 10.0 Å². The Morgan fingerprint density at radius 3 is 2.58 bits per heavy atom. The molecule has 1 heterocycles. The van der Waals surface area contributed by atoms with Gasteiger partial charge in [-0.05, 0) is 48.2 Å². The topological polar surface area (TPSA) is 46.3 Å². The second-order valence-corrected chi connectivity index (χ2v) is 7.24. The molecule has 2 N–H and O–H groups in total. The highest BCUT2D eigenvalue weighted by molar-refractivity contribution is 7.79. The zero-order valence-electron chi connectivity index (χ0n) is 14.6. The summed E-state index contributed by atoms with van der Waals surface area (Å²) in [7, 11) is 0. The zero-order valence-corrected chi connectivity index (χ0v) is 17.0. The van der Waals surface area contributed by atoms with Gasteiger partial charge in [0.25, 0.3) is 0 Å². The molecule has 2 aromatic carbocycles. The van der Waals surface area contributed by atoms with Crippen molar-refractivity contribution in [3.05, 3.63) is 57.3 Å². The molecular formula is C19H21Cl2FN2OS. The van der Waals surface area contributed by atoms with Crippen LogP contribution in [0.5, 0.6) is 0 Å². The smallest absolute Gasteiger partial charge is 0.227 e. The molecule has 0 aliphatic carbocycles. The molecule has 0 saturated heterocycles. The molecule has 1 aliphatic heterocycles. The van der Waals surface area contributed by atoms with Crippen molar-refractivity contribution in [1.29, 1.82) is 0 Å². The standard InChI is InChI=1S/C12H15FN2O.C7H6Cl2S/c1-3-15-11(16)4-7(2)9-5-8(14)6-10(13)12(9)15;8-6-2-1-5(4-10)7(9)3-6/h5-7H,3-4,14H2,1-2H3;1-3,10H,4H2. The van der Waals surface area contributed by atoms with Gasteiger partial charge in [-0.25, -0.2) is 4.39 Å². The first kappa shape index (κ1) is 20.9. The Morgan fingerprint density at radius 2 is 2.00 bits per heavy atom. The Kier molecular flexibility index (Phi) is 7.21. The van der Waals surface area contributed by atoms with Crippen LogP contribution in [-0.2, 0) is 10.5 Å². The van der Waals surface area contributed by atoms with Crippen molar-refractivity contribution in [3.8, 4) is 0 Å². The third kappa shape index (κ3) is 4.64. The normalized spacial score (nSPS) is 16.0. The van der Waals surface area contributed by atoms with E-state index in [1.165, 1.54) is 11.0 Å².